The van der Waals surface area contributed by atoms with Gasteiger partial charge in [-0.25, -0.2) is 0 Å². The van der Waals surface area contributed by atoms with Gasteiger partial charge < -0.3 is 20.1 Å². The number of fused-ring (bicyclic) bond motifs is 1. The minimum Gasteiger partial charge on any atom is -0.486 e. The molecule has 3 rings (SSSR count). The minimum absolute atomic E-state index is 0. The highest BCUT2D eigenvalue weighted by Crippen LogP contribution is 2.38. The summed E-state index contributed by atoms with van der Waals surface area (Å²) in [6.07, 6.45) is 3.38. The summed E-state index contributed by atoms with van der Waals surface area (Å²) >= 11 is 6.30. The fourth-order valence-corrected chi connectivity index (χ4v) is 3.90. The van der Waals surface area contributed by atoms with Crippen LogP contribution < -0.4 is 20.1 Å². The van der Waals surface area contributed by atoms with Crippen molar-refractivity contribution < 1.29 is 9.47 Å². The molecule has 2 aliphatic heterocycles. The molecule has 1 aromatic rings. The molecular formula is C19H30ClIN4O2. The van der Waals surface area contributed by atoms with E-state index < -0.39 is 0 Å². The van der Waals surface area contributed by atoms with E-state index in [0.717, 1.165) is 43.3 Å². The number of likely N-dealkylation sites (N-methyl/N-ethyl adjacent to an activating group) is 1. The molecule has 1 atom stereocenters. The molecule has 1 unspecified atom stereocenters. The van der Waals surface area contributed by atoms with Gasteiger partial charge in [0, 0.05) is 26.2 Å². The monoisotopic (exact) mass is 508 g/mol. The molecule has 2 aliphatic rings. The van der Waals surface area contributed by atoms with E-state index in [4.69, 9.17) is 21.1 Å². The summed E-state index contributed by atoms with van der Waals surface area (Å²) in [5.74, 6) is 2.24. The maximum absolute atomic E-state index is 6.30. The van der Waals surface area contributed by atoms with Crippen molar-refractivity contribution in [2.24, 2.45) is 4.99 Å². The fourth-order valence-electron chi connectivity index (χ4n) is 3.61. The summed E-state index contributed by atoms with van der Waals surface area (Å²) in [5.41, 5.74) is 1.12. The molecule has 1 aromatic carbocycles. The van der Waals surface area contributed by atoms with E-state index in [0.29, 0.717) is 30.0 Å². The standard InChI is InChI=1S/C19H29ClN4O2.HI/c1-3-24-8-4-5-15(24)13-23-19(21-2)22-7-6-14-11-16(20)18-17(12-14)25-9-10-26-18;/h11-12,15H,3-10,13H2,1-2H3,(H2,21,22,23);1H. The third-order valence-electron chi connectivity index (χ3n) is 5.00. The van der Waals surface area contributed by atoms with Gasteiger partial charge in [0.15, 0.2) is 17.5 Å². The number of nitrogens with one attached hydrogen (secondary N) is 2. The maximum Gasteiger partial charge on any atom is 0.191 e. The number of ether oxygens (including phenoxy) is 2. The highest BCUT2D eigenvalue weighted by Gasteiger charge is 2.22. The van der Waals surface area contributed by atoms with Gasteiger partial charge in [-0.1, -0.05) is 18.5 Å². The second-order valence-electron chi connectivity index (χ2n) is 6.66. The second-order valence-corrected chi connectivity index (χ2v) is 7.06. The Kier molecular flexibility index (Phi) is 9.25. The molecule has 0 spiro atoms. The van der Waals surface area contributed by atoms with Gasteiger partial charge in [-0.2, -0.15) is 0 Å². The van der Waals surface area contributed by atoms with Gasteiger partial charge in [0.2, 0.25) is 0 Å². The Balaban J connectivity index is 0.00000261. The molecule has 27 heavy (non-hydrogen) atoms. The van der Waals surface area contributed by atoms with Crippen LogP contribution in [0.1, 0.15) is 25.3 Å². The van der Waals surface area contributed by atoms with E-state index in [9.17, 15) is 0 Å². The minimum atomic E-state index is 0. The first kappa shape index (κ1) is 22.4. The lowest BCUT2D eigenvalue weighted by Crippen LogP contribution is -2.45. The van der Waals surface area contributed by atoms with Crippen molar-refractivity contribution in [3.63, 3.8) is 0 Å². The molecule has 0 bridgehead atoms. The summed E-state index contributed by atoms with van der Waals surface area (Å²) in [6, 6.07) is 4.57. The van der Waals surface area contributed by atoms with Crippen LogP contribution in [0.15, 0.2) is 17.1 Å². The Morgan fingerprint density at radius 1 is 1.30 bits per heavy atom. The summed E-state index contributed by atoms with van der Waals surface area (Å²) in [6.45, 7) is 7.37. The van der Waals surface area contributed by atoms with Crippen LogP contribution in [0, 0.1) is 0 Å². The maximum atomic E-state index is 6.30. The first-order chi connectivity index (χ1) is 12.7. The lowest BCUT2D eigenvalue weighted by molar-refractivity contribution is 0.171. The third kappa shape index (κ3) is 6.02. The number of nitrogens with zero attached hydrogens (tertiary/aromatic N) is 2. The van der Waals surface area contributed by atoms with Crippen molar-refractivity contribution in [2.45, 2.75) is 32.2 Å². The topological polar surface area (TPSA) is 58.1 Å². The molecule has 0 aliphatic carbocycles. The average Bonchev–Trinajstić information content (AvgIpc) is 3.12. The Morgan fingerprint density at radius 2 is 2.11 bits per heavy atom. The highest BCUT2D eigenvalue weighted by atomic mass is 127. The van der Waals surface area contributed by atoms with Gasteiger partial charge in [0.25, 0.3) is 0 Å². The van der Waals surface area contributed by atoms with Crippen molar-refractivity contribution >= 4 is 41.5 Å². The molecule has 6 nitrogen and oxygen atoms in total. The zero-order valence-corrected chi connectivity index (χ0v) is 19.2. The Labute approximate surface area is 184 Å². The predicted molar refractivity (Wildman–Crippen MR) is 121 cm³/mol. The van der Waals surface area contributed by atoms with E-state index in [2.05, 4.69) is 27.4 Å². The van der Waals surface area contributed by atoms with Crippen LogP contribution in [-0.4, -0.2) is 63.3 Å². The Bertz CT molecular complexity index is 644. The molecule has 8 heteroatoms. The molecule has 0 aromatic heterocycles. The number of likely N-dealkylation sites (tertiary alicyclic amines) is 1. The van der Waals surface area contributed by atoms with Crippen LogP contribution in [0.2, 0.25) is 5.02 Å². The normalized spacial score (nSPS) is 19.5. The van der Waals surface area contributed by atoms with Gasteiger partial charge >= 0.3 is 0 Å². The second kappa shape index (κ2) is 11.2. The number of hydrogen-bond acceptors (Lipinski definition) is 4. The van der Waals surface area contributed by atoms with Crippen LogP contribution in [0.4, 0.5) is 0 Å². The van der Waals surface area contributed by atoms with Crippen LogP contribution in [0.3, 0.4) is 0 Å². The van der Waals surface area contributed by atoms with Crippen molar-refractivity contribution in [3.8, 4) is 11.5 Å². The number of aliphatic imine (C=N–C) groups is 1. The van der Waals surface area contributed by atoms with Crippen molar-refractivity contribution in [2.75, 3.05) is 46.4 Å². The lowest BCUT2D eigenvalue weighted by Gasteiger charge is -2.24. The highest BCUT2D eigenvalue weighted by molar-refractivity contribution is 14.0. The number of guanidine groups is 1. The first-order valence-electron chi connectivity index (χ1n) is 9.48. The van der Waals surface area contributed by atoms with Crippen molar-refractivity contribution in [1.29, 1.82) is 0 Å². The van der Waals surface area contributed by atoms with Gasteiger partial charge in [-0.3, -0.25) is 9.89 Å². The summed E-state index contributed by atoms with van der Waals surface area (Å²) in [7, 11) is 1.81. The molecular weight excluding hydrogens is 479 g/mol. The summed E-state index contributed by atoms with van der Waals surface area (Å²) in [5, 5.41) is 7.44. The molecule has 0 saturated carbocycles. The molecule has 2 N–H and O–H groups in total. The predicted octanol–water partition coefficient (Wildman–Crippen LogP) is 2.92. The Morgan fingerprint density at radius 3 is 2.89 bits per heavy atom. The number of benzene rings is 1. The largest absolute Gasteiger partial charge is 0.486 e. The number of halogens is 2. The molecule has 1 saturated heterocycles. The average molecular weight is 509 g/mol. The summed E-state index contributed by atoms with van der Waals surface area (Å²) < 4.78 is 11.2. The van der Waals surface area contributed by atoms with Crippen LogP contribution in [0.5, 0.6) is 11.5 Å². The number of hydrogen-bond donors (Lipinski definition) is 2. The van der Waals surface area contributed by atoms with E-state index >= 15 is 0 Å². The van der Waals surface area contributed by atoms with Gasteiger partial charge in [-0.15, -0.1) is 24.0 Å². The van der Waals surface area contributed by atoms with Gasteiger partial charge in [0.1, 0.15) is 13.2 Å². The smallest absolute Gasteiger partial charge is 0.191 e. The molecule has 0 radical (unpaired) electrons. The van der Waals surface area contributed by atoms with Gasteiger partial charge in [0.05, 0.1) is 5.02 Å². The van der Waals surface area contributed by atoms with Crippen LogP contribution >= 0.6 is 35.6 Å². The van der Waals surface area contributed by atoms with Crippen molar-refractivity contribution in [3.05, 3.63) is 22.7 Å². The first-order valence-corrected chi connectivity index (χ1v) is 9.85. The molecule has 1 fully saturated rings. The van der Waals surface area contributed by atoms with Crippen molar-refractivity contribution in [1.82, 2.24) is 15.5 Å². The van der Waals surface area contributed by atoms with E-state index in [1.165, 1.54) is 19.4 Å². The molecule has 152 valence electrons. The SMILES string of the molecule is CCN1CCCC1CNC(=NC)NCCc1cc(Cl)c2c(c1)OCCO2.I. The van der Waals surface area contributed by atoms with Crippen LogP contribution in [0.25, 0.3) is 0 Å². The zero-order chi connectivity index (χ0) is 18.4. The number of rotatable bonds is 6. The molecule has 0 amide bonds. The quantitative estimate of drug-likeness (QED) is 0.352. The fraction of sp³-hybridized carbons (Fsp3) is 0.632. The Hall–Kier alpha value is -0.930. The molecule has 2 heterocycles. The van der Waals surface area contributed by atoms with E-state index in [-0.39, 0.29) is 24.0 Å². The third-order valence-corrected chi connectivity index (χ3v) is 5.28. The summed E-state index contributed by atoms with van der Waals surface area (Å²) in [4.78, 5) is 6.85. The van der Waals surface area contributed by atoms with Gasteiger partial charge in [-0.05, 0) is 50.0 Å². The van der Waals surface area contributed by atoms with Crippen LogP contribution in [-0.2, 0) is 6.42 Å². The lowest BCUT2D eigenvalue weighted by atomic mass is 10.1. The zero-order valence-electron chi connectivity index (χ0n) is 16.1. The van der Waals surface area contributed by atoms with E-state index in [1.807, 2.05) is 19.2 Å². The van der Waals surface area contributed by atoms with E-state index in [1.54, 1.807) is 0 Å².